The first-order valence-electron chi connectivity index (χ1n) is 10.7. The molecule has 0 spiro atoms. The van der Waals surface area contributed by atoms with Crippen molar-refractivity contribution in [2.75, 3.05) is 13.1 Å². The summed E-state index contributed by atoms with van der Waals surface area (Å²) in [5.74, 6) is 0. The lowest BCUT2D eigenvalue weighted by atomic mass is 9.89. The topological polar surface area (TPSA) is 24.9 Å². The fourth-order valence-corrected chi connectivity index (χ4v) is 4.49. The Kier molecular flexibility index (Phi) is 8.55. The number of halogens is 1. The summed E-state index contributed by atoms with van der Waals surface area (Å²) in [6.07, 6.45) is 12.4. The van der Waals surface area contributed by atoms with Gasteiger partial charge in [-0.3, -0.25) is 4.98 Å². The van der Waals surface area contributed by atoms with Gasteiger partial charge in [-0.15, -0.1) is 12.6 Å². The minimum absolute atomic E-state index is 0.986. The van der Waals surface area contributed by atoms with Gasteiger partial charge < -0.3 is 5.32 Å². The van der Waals surface area contributed by atoms with E-state index in [1.165, 1.54) is 51.9 Å². The molecule has 0 radical (unpaired) electrons. The van der Waals surface area contributed by atoms with Crippen molar-refractivity contribution >= 4 is 34.1 Å². The number of aryl methyl sites for hydroxylation is 3. The zero-order valence-electron chi connectivity index (χ0n) is 18.1. The molecule has 0 amide bonds. The minimum atomic E-state index is 0.986. The van der Waals surface area contributed by atoms with Crippen LogP contribution in [0, 0.1) is 6.92 Å². The van der Waals surface area contributed by atoms with Crippen LogP contribution in [0.3, 0.4) is 0 Å². The number of fused-ring (bicyclic) bond motifs is 2. The molecule has 0 saturated carbocycles. The molecule has 2 nitrogen and oxygen atoms in total. The number of nitrogens with zero attached hydrogens (tertiary/aromatic N) is 1. The number of pyridine rings is 1. The van der Waals surface area contributed by atoms with Crippen molar-refractivity contribution in [1.82, 2.24) is 10.3 Å². The highest BCUT2D eigenvalue weighted by atomic mass is 79.9. The maximum absolute atomic E-state index is 4.82. The van der Waals surface area contributed by atoms with Crippen LogP contribution < -0.4 is 5.32 Å². The van der Waals surface area contributed by atoms with Crippen LogP contribution >= 0.6 is 28.6 Å². The Morgan fingerprint density at radius 3 is 2.63 bits per heavy atom. The van der Waals surface area contributed by atoms with Gasteiger partial charge in [0.05, 0.1) is 5.69 Å². The highest BCUT2D eigenvalue weighted by Gasteiger charge is 2.23. The molecule has 1 N–H and O–H groups in total. The number of hydrogen-bond donors (Lipinski definition) is 2. The Hall–Kier alpha value is -1.62. The second kappa shape index (κ2) is 11.1. The zero-order valence-corrected chi connectivity index (χ0v) is 20.6. The Morgan fingerprint density at radius 2 is 1.97 bits per heavy atom. The molecule has 1 fully saturated rings. The van der Waals surface area contributed by atoms with Crippen molar-refractivity contribution in [3.8, 4) is 0 Å². The lowest BCUT2D eigenvalue weighted by Crippen LogP contribution is -2.25. The predicted octanol–water partition coefficient (Wildman–Crippen LogP) is 6.83. The molecule has 30 heavy (non-hydrogen) atoms. The van der Waals surface area contributed by atoms with Crippen molar-refractivity contribution in [2.45, 2.75) is 46.5 Å². The number of allylic oxidation sites excluding steroid dienone is 4. The number of rotatable bonds is 1. The average molecular weight is 484 g/mol. The molecule has 1 aromatic carbocycles. The first kappa shape index (κ1) is 23.1. The molecule has 0 atom stereocenters. The molecule has 2 aliphatic rings. The summed E-state index contributed by atoms with van der Waals surface area (Å²) in [6.45, 7) is 8.22. The summed E-state index contributed by atoms with van der Waals surface area (Å²) in [4.78, 5) is 5.86. The van der Waals surface area contributed by atoms with Crippen LogP contribution in [0.15, 0.2) is 63.6 Å². The van der Waals surface area contributed by atoms with Gasteiger partial charge >= 0.3 is 0 Å². The lowest BCUT2D eigenvalue weighted by molar-refractivity contribution is 0.611. The maximum Gasteiger partial charge on any atom is 0.0741 e. The monoisotopic (exact) mass is 482 g/mol. The van der Waals surface area contributed by atoms with Crippen molar-refractivity contribution in [2.24, 2.45) is 0 Å². The molecular weight excluding hydrogens is 452 g/mol. The summed E-state index contributed by atoms with van der Waals surface area (Å²) < 4.78 is 1.07. The quantitative estimate of drug-likeness (QED) is 0.343. The van der Waals surface area contributed by atoms with Gasteiger partial charge in [-0.25, -0.2) is 0 Å². The van der Waals surface area contributed by atoms with E-state index in [0.717, 1.165) is 35.3 Å². The normalized spacial score (nSPS) is 18.9. The Bertz CT molecular complexity index is 921. The standard InChI is InChI=1S/C20H21BrN2.C6H10S/c1-13-4-7-18-14(9-13)5-6-15-10-17(21)12-23-20(15)19(18)16-3-2-8-22-11-16;1-3-4-5-6(2)7/h4,7,9-10,12,22H,2-3,5-6,8,11H2,1H3;3-5,7H,1-2H3/b19-16-;4-3-,6-5+. The van der Waals surface area contributed by atoms with Gasteiger partial charge in [0.25, 0.3) is 0 Å². The number of benzene rings is 1. The van der Waals surface area contributed by atoms with E-state index in [1.807, 2.05) is 38.3 Å². The number of hydrogen-bond acceptors (Lipinski definition) is 3. The summed E-state index contributed by atoms with van der Waals surface area (Å²) in [6, 6.07) is 9.14. The second-order valence-corrected chi connectivity index (χ2v) is 9.54. The van der Waals surface area contributed by atoms with E-state index in [9.17, 15) is 0 Å². The van der Waals surface area contributed by atoms with E-state index in [1.54, 1.807) is 0 Å². The number of aromatic nitrogens is 1. The van der Waals surface area contributed by atoms with Gasteiger partial charge in [0.15, 0.2) is 0 Å². The predicted molar refractivity (Wildman–Crippen MR) is 136 cm³/mol. The lowest BCUT2D eigenvalue weighted by Gasteiger charge is -2.22. The Morgan fingerprint density at radius 1 is 1.17 bits per heavy atom. The molecular formula is C26H31BrN2S. The number of thiol groups is 1. The third-order valence-electron chi connectivity index (χ3n) is 5.42. The average Bonchev–Trinajstić information content (AvgIpc) is 2.89. The van der Waals surface area contributed by atoms with Gasteiger partial charge in [0.2, 0.25) is 0 Å². The van der Waals surface area contributed by atoms with Crippen LogP contribution in [0.2, 0.25) is 0 Å². The molecule has 0 bridgehead atoms. The molecule has 1 aromatic heterocycles. The molecule has 1 aliphatic heterocycles. The summed E-state index contributed by atoms with van der Waals surface area (Å²) in [5, 5.41) is 3.54. The van der Waals surface area contributed by atoms with Crippen molar-refractivity contribution in [1.29, 1.82) is 0 Å². The van der Waals surface area contributed by atoms with Crippen molar-refractivity contribution < 1.29 is 0 Å². The van der Waals surface area contributed by atoms with Crippen LogP contribution in [0.1, 0.15) is 54.6 Å². The van der Waals surface area contributed by atoms with E-state index >= 15 is 0 Å². The first-order chi connectivity index (χ1) is 14.5. The van der Waals surface area contributed by atoms with Gasteiger partial charge in [0.1, 0.15) is 0 Å². The Balaban J connectivity index is 0.000000318. The van der Waals surface area contributed by atoms with Crippen LogP contribution in [0.25, 0.3) is 5.57 Å². The Labute approximate surface area is 195 Å². The summed E-state index contributed by atoms with van der Waals surface area (Å²) >= 11 is 7.63. The van der Waals surface area contributed by atoms with Gasteiger partial charge in [-0.1, -0.05) is 42.0 Å². The SMILES string of the molecule is C/C=C\C=C(/C)S.Cc1ccc2c(c1)CCc1cc(Br)cnc1/C2=C1/CCCNC1. The molecule has 1 saturated heterocycles. The first-order valence-corrected chi connectivity index (χ1v) is 11.9. The largest absolute Gasteiger partial charge is 0.313 e. The second-order valence-electron chi connectivity index (χ2n) is 7.91. The molecule has 2 heterocycles. The molecule has 4 rings (SSSR count). The van der Waals surface area contributed by atoms with Crippen LogP contribution in [-0.2, 0) is 12.8 Å². The summed E-state index contributed by atoms with van der Waals surface area (Å²) in [7, 11) is 0. The van der Waals surface area contributed by atoms with Crippen molar-refractivity contribution in [3.05, 3.63) is 91.6 Å². The molecule has 2 aromatic rings. The molecule has 4 heteroatoms. The fourth-order valence-electron chi connectivity index (χ4n) is 4.03. The van der Waals surface area contributed by atoms with E-state index < -0.39 is 0 Å². The van der Waals surface area contributed by atoms with Gasteiger partial charge in [-0.05, 0) is 102 Å². The third kappa shape index (κ3) is 5.96. The van der Waals surface area contributed by atoms with Crippen LogP contribution in [0.4, 0.5) is 0 Å². The van der Waals surface area contributed by atoms with Gasteiger partial charge in [-0.2, -0.15) is 0 Å². The minimum Gasteiger partial charge on any atom is -0.313 e. The fraction of sp³-hybridized carbons (Fsp3) is 0.346. The summed E-state index contributed by atoms with van der Waals surface area (Å²) in [5.41, 5.74) is 9.65. The van der Waals surface area contributed by atoms with E-state index in [4.69, 9.17) is 4.98 Å². The van der Waals surface area contributed by atoms with E-state index in [2.05, 4.69) is 65.1 Å². The van der Waals surface area contributed by atoms with Crippen LogP contribution in [-0.4, -0.2) is 18.1 Å². The van der Waals surface area contributed by atoms with E-state index in [-0.39, 0.29) is 0 Å². The van der Waals surface area contributed by atoms with E-state index in [0.29, 0.717) is 0 Å². The van der Waals surface area contributed by atoms with Gasteiger partial charge in [0, 0.05) is 22.8 Å². The smallest absolute Gasteiger partial charge is 0.0741 e. The molecule has 1 aliphatic carbocycles. The zero-order chi connectivity index (χ0) is 21.5. The number of nitrogens with one attached hydrogen (secondary N) is 1. The third-order valence-corrected chi connectivity index (χ3v) is 6.00. The highest BCUT2D eigenvalue weighted by Crippen LogP contribution is 2.37. The highest BCUT2D eigenvalue weighted by molar-refractivity contribution is 9.10. The van der Waals surface area contributed by atoms with Crippen LogP contribution in [0.5, 0.6) is 0 Å². The maximum atomic E-state index is 4.82. The molecule has 158 valence electrons. The number of piperidine rings is 1. The molecule has 0 unspecified atom stereocenters. The van der Waals surface area contributed by atoms with Crippen molar-refractivity contribution in [3.63, 3.8) is 0 Å².